The molecule has 3 amide bonds. The standard InChI is InChI=1S/C31H32ClN5O6/c1-31(2,3)43-24-14-19(23(38)15-26(40)41)6-9-22(24)29-35-27(20-10-11-33-16-20)28(18-4-7-21(32)8-5-18)37(29)30(42)36-13-12-34-25(39)17-36/h4-11,14,16,27-28,33H,12-13,15,17H2,1-3H3,(H,34,39)(H,40,41)/t27-,28+/m0/s1. The number of aromatic nitrogens is 1. The molecular weight excluding hydrogens is 574 g/mol. The number of carbonyl (C=O) groups is 4. The summed E-state index contributed by atoms with van der Waals surface area (Å²) < 4.78 is 6.29. The fourth-order valence-electron chi connectivity index (χ4n) is 5.20. The normalized spacial score (nSPS) is 18.7. The molecule has 2 aliphatic heterocycles. The fraction of sp³-hybridized carbons (Fsp3) is 0.323. The molecule has 5 rings (SSSR count). The van der Waals surface area contributed by atoms with E-state index >= 15 is 0 Å². The number of piperazine rings is 1. The van der Waals surface area contributed by atoms with Crippen molar-refractivity contribution < 1.29 is 29.0 Å². The third-order valence-corrected chi connectivity index (χ3v) is 7.28. The molecule has 0 aliphatic carbocycles. The SMILES string of the molecule is CC(C)(C)Oc1cc(C(=O)CC(=O)O)ccc1C1=N[C@@H](c2cc[nH]c2)[C@@H](c2ccc(Cl)cc2)N1C(=O)N1CCNC(=O)C1. The van der Waals surface area contributed by atoms with E-state index in [0.29, 0.717) is 29.5 Å². The first-order valence-corrected chi connectivity index (χ1v) is 14.2. The number of hydrogen-bond donors (Lipinski definition) is 3. The van der Waals surface area contributed by atoms with Crippen molar-refractivity contribution in [2.75, 3.05) is 19.6 Å². The number of amidine groups is 1. The highest BCUT2D eigenvalue weighted by Crippen LogP contribution is 2.45. The molecule has 3 heterocycles. The number of Topliss-reactive ketones (excluding diaryl/α,β-unsaturated/α-hetero) is 1. The van der Waals surface area contributed by atoms with Crippen LogP contribution in [0.1, 0.15) is 66.3 Å². The topological polar surface area (TPSA) is 144 Å². The second kappa shape index (κ2) is 11.9. The number of aliphatic carboxylic acids is 1. The van der Waals surface area contributed by atoms with Crippen molar-refractivity contribution in [2.45, 2.75) is 44.9 Å². The predicted molar refractivity (Wildman–Crippen MR) is 159 cm³/mol. The van der Waals surface area contributed by atoms with Gasteiger partial charge in [-0.05, 0) is 62.2 Å². The van der Waals surface area contributed by atoms with E-state index in [-0.39, 0.29) is 23.8 Å². The van der Waals surface area contributed by atoms with E-state index in [2.05, 4.69) is 10.3 Å². The van der Waals surface area contributed by atoms with Crippen molar-refractivity contribution in [3.63, 3.8) is 0 Å². The van der Waals surface area contributed by atoms with Crippen LogP contribution in [0.3, 0.4) is 0 Å². The van der Waals surface area contributed by atoms with Gasteiger partial charge in [-0.15, -0.1) is 0 Å². The largest absolute Gasteiger partial charge is 0.487 e. The Morgan fingerprint density at radius 3 is 2.47 bits per heavy atom. The number of rotatable bonds is 7. The van der Waals surface area contributed by atoms with Crippen molar-refractivity contribution >= 4 is 41.1 Å². The van der Waals surface area contributed by atoms with Gasteiger partial charge in [0.15, 0.2) is 5.78 Å². The van der Waals surface area contributed by atoms with E-state index in [1.54, 1.807) is 29.3 Å². The Hall–Kier alpha value is -4.64. The lowest BCUT2D eigenvalue weighted by Crippen LogP contribution is -2.55. The summed E-state index contributed by atoms with van der Waals surface area (Å²) in [7, 11) is 0. The number of amides is 3. The second-order valence-corrected chi connectivity index (χ2v) is 11.8. The summed E-state index contributed by atoms with van der Waals surface area (Å²) in [5.41, 5.74) is 1.49. The molecule has 2 aromatic carbocycles. The van der Waals surface area contributed by atoms with Gasteiger partial charge in [0.05, 0.1) is 11.6 Å². The van der Waals surface area contributed by atoms with Gasteiger partial charge < -0.3 is 25.0 Å². The van der Waals surface area contributed by atoms with Crippen molar-refractivity contribution in [1.82, 2.24) is 20.1 Å². The van der Waals surface area contributed by atoms with E-state index in [9.17, 15) is 24.3 Å². The maximum atomic E-state index is 14.4. The Kier molecular flexibility index (Phi) is 8.27. The van der Waals surface area contributed by atoms with Crippen molar-refractivity contribution in [3.8, 4) is 5.75 Å². The van der Waals surface area contributed by atoms with Crippen LogP contribution in [0.15, 0.2) is 65.9 Å². The first-order chi connectivity index (χ1) is 20.4. The molecule has 43 heavy (non-hydrogen) atoms. The molecule has 1 saturated heterocycles. The maximum Gasteiger partial charge on any atom is 0.326 e. The van der Waals surface area contributed by atoms with E-state index in [1.165, 1.54) is 17.0 Å². The van der Waals surface area contributed by atoms with Crippen LogP contribution in [0.25, 0.3) is 0 Å². The smallest absolute Gasteiger partial charge is 0.326 e. The molecule has 1 aromatic heterocycles. The lowest BCUT2D eigenvalue weighted by molar-refractivity contribution is -0.136. The number of halogens is 1. The van der Waals surface area contributed by atoms with Gasteiger partial charge in [-0.3, -0.25) is 24.3 Å². The van der Waals surface area contributed by atoms with Crippen molar-refractivity contribution in [2.24, 2.45) is 4.99 Å². The number of aromatic amines is 1. The highest BCUT2D eigenvalue weighted by Gasteiger charge is 2.45. The fourth-order valence-corrected chi connectivity index (χ4v) is 5.33. The number of ketones is 1. The van der Waals surface area contributed by atoms with Crippen LogP contribution in [0.4, 0.5) is 4.79 Å². The Morgan fingerprint density at radius 2 is 1.84 bits per heavy atom. The zero-order valence-electron chi connectivity index (χ0n) is 24.0. The van der Waals surface area contributed by atoms with Gasteiger partial charge in [-0.1, -0.05) is 29.8 Å². The number of hydrogen-bond acceptors (Lipinski definition) is 6. The number of urea groups is 1. The molecule has 2 aliphatic rings. The number of nitrogens with zero attached hydrogens (tertiary/aromatic N) is 3. The minimum absolute atomic E-state index is 0.112. The van der Waals surface area contributed by atoms with Crippen LogP contribution in [-0.2, 0) is 9.59 Å². The number of carboxylic acid groups (broad SMARTS) is 1. The first kappa shape index (κ1) is 29.8. The Balaban J connectivity index is 1.69. The maximum absolute atomic E-state index is 14.4. The number of nitrogens with one attached hydrogen (secondary N) is 2. The van der Waals surface area contributed by atoms with Crippen LogP contribution in [-0.4, -0.2) is 74.7 Å². The van der Waals surface area contributed by atoms with Crippen LogP contribution in [0, 0.1) is 0 Å². The molecule has 0 spiro atoms. The molecule has 0 radical (unpaired) electrons. The first-order valence-electron chi connectivity index (χ1n) is 13.8. The predicted octanol–water partition coefficient (Wildman–Crippen LogP) is 4.60. The summed E-state index contributed by atoms with van der Waals surface area (Å²) in [6.07, 6.45) is 2.92. The summed E-state index contributed by atoms with van der Waals surface area (Å²) in [4.78, 5) is 61.8. The lowest BCUT2D eigenvalue weighted by Gasteiger charge is -2.36. The highest BCUT2D eigenvalue weighted by atomic mass is 35.5. The van der Waals surface area contributed by atoms with Crippen molar-refractivity contribution in [1.29, 1.82) is 0 Å². The Labute approximate surface area is 253 Å². The quantitative estimate of drug-likeness (QED) is 0.265. The molecule has 1 fully saturated rings. The van der Waals surface area contributed by atoms with Gasteiger partial charge in [0.1, 0.15) is 36.2 Å². The average molecular weight is 606 g/mol. The van der Waals surface area contributed by atoms with Gasteiger partial charge in [0, 0.05) is 36.1 Å². The minimum Gasteiger partial charge on any atom is -0.487 e. The summed E-state index contributed by atoms with van der Waals surface area (Å²) >= 11 is 6.22. The lowest BCUT2D eigenvalue weighted by atomic mass is 9.95. The number of benzene rings is 2. The molecular formula is C31H32ClN5O6. The van der Waals surface area contributed by atoms with E-state index < -0.39 is 41.9 Å². The number of carboxylic acids is 1. The molecule has 0 bridgehead atoms. The minimum atomic E-state index is -1.24. The number of carbonyl (C=O) groups excluding carboxylic acids is 3. The van der Waals surface area contributed by atoms with E-state index in [1.807, 2.05) is 45.2 Å². The van der Waals surface area contributed by atoms with Crippen LogP contribution in [0.5, 0.6) is 5.75 Å². The van der Waals surface area contributed by atoms with Gasteiger partial charge >= 0.3 is 12.0 Å². The van der Waals surface area contributed by atoms with E-state index in [4.69, 9.17) is 21.3 Å². The zero-order chi connectivity index (χ0) is 30.9. The molecule has 3 aromatic rings. The van der Waals surface area contributed by atoms with E-state index in [0.717, 1.165) is 11.1 Å². The summed E-state index contributed by atoms with van der Waals surface area (Å²) in [6.45, 7) is 6.04. The number of ether oxygens (including phenoxy) is 1. The van der Waals surface area contributed by atoms with Crippen LogP contribution in [0.2, 0.25) is 5.02 Å². The monoisotopic (exact) mass is 605 g/mol. The van der Waals surface area contributed by atoms with Crippen LogP contribution < -0.4 is 10.1 Å². The molecule has 11 nitrogen and oxygen atoms in total. The molecule has 2 atom stereocenters. The third-order valence-electron chi connectivity index (χ3n) is 7.03. The van der Waals surface area contributed by atoms with Crippen molar-refractivity contribution in [3.05, 3.63) is 88.2 Å². The summed E-state index contributed by atoms with van der Waals surface area (Å²) in [6, 6.07) is 12.1. The summed E-state index contributed by atoms with van der Waals surface area (Å²) in [5.74, 6) is -1.53. The Morgan fingerprint density at radius 1 is 1.09 bits per heavy atom. The second-order valence-electron chi connectivity index (χ2n) is 11.4. The molecule has 0 saturated carbocycles. The Bertz CT molecular complexity index is 1580. The zero-order valence-corrected chi connectivity index (χ0v) is 24.7. The van der Waals surface area contributed by atoms with Gasteiger partial charge in [0.2, 0.25) is 5.91 Å². The molecule has 0 unspecified atom stereocenters. The van der Waals surface area contributed by atoms with Crippen LogP contribution >= 0.6 is 11.6 Å². The van der Waals surface area contributed by atoms with Gasteiger partial charge in [0.25, 0.3) is 0 Å². The highest BCUT2D eigenvalue weighted by molar-refractivity contribution is 6.30. The summed E-state index contributed by atoms with van der Waals surface area (Å²) in [5, 5.41) is 12.5. The molecule has 3 N–H and O–H groups in total. The molecule has 12 heteroatoms. The molecule has 224 valence electrons. The number of H-pyrrole nitrogens is 1. The van der Waals surface area contributed by atoms with Gasteiger partial charge in [-0.25, -0.2) is 4.79 Å². The third kappa shape index (κ3) is 6.56. The van der Waals surface area contributed by atoms with Gasteiger partial charge in [-0.2, -0.15) is 0 Å². The average Bonchev–Trinajstić information content (AvgIpc) is 3.60. The number of aliphatic imine (C=N–C) groups is 1.